The fourth-order valence-corrected chi connectivity index (χ4v) is 3.52. The van der Waals surface area contributed by atoms with Crippen LogP contribution in [0.1, 0.15) is 19.8 Å². The van der Waals surface area contributed by atoms with E-state index in [1.165, 1.54) is 0 Å². The topological polar surface area (TPSA) is 90.5 Å². The molecule has 28 heavy (non-hydrogen) atoms. The highest BCUT2D eigenvalue weighted by Crippen LogP contribution is 2.34. The molecular weight excluding hydrogens is 356 g/mol. The zero-order valence-corrected chi connectivity index (χ0v) is 16.0. The number of hydrogen-bond acceptors (Lipinski definition) is 4. The molecule has 1 saturated heterocycles. The van der Waals surface area contributed by atoms with Gasteiger partial charge in [0.15, 0.2) is 0 Å². The van der Waals surface area contributed by atoms with Gasteiger partial charge < -0.3 is 19.7 Å². The largest absolute Gasteiger partial charge is 0.494 e. The number of rotatable bonds is 3. The van der Waals surface area contributed by atoms with E-state index in [1.807, 2.05) is 42.5 Å². The maximum Gasteiger partial charge on any atom is 0.324 e. The summed E-state index contributed by atoms with van der Waals surface area (Å²) in [4.78, 5) is 22.1. The molecule has 7 heteroatoms. The van der Waals surface area contributed by atoms with Gasteiger partial charge in [0.1, 0.15) is 16.8 Å². The third kappa shape index (κ3) is 3.53. The summed E-state index contributed by atoms with van der Waals surface area (Å²) in [7, 11) is 1.61. The van der Waals surface area contributed by atoms with Gasteiger partial charge in [0.2, 0.25) is 5.95 Å². The number of carbonyl (C=O) groups excluding carboxylic acids is 1. The minimum Gasteiger partial charge on any atom is -0.494 e. The van der Waals surface area contributed by atoms with Crippen LogP contribution in [0.4, 0.5) is 10.7 Å². The number of nitrogens with one attached hydrogen (secondary N) is 2. The molecule has 1 fully saturated rings. The fraction of sp³-hybridized carbons (Fsp3) is 0.333. The van der Waals surface area contributed by atoms with E-state index in [1.54, 1.807) is 18.9 Å². The zero-order chi connectivity index (χ0) is 19.7. The SMILES string of the molecule is COc1ccc(-c2ccccc2)c2nc(NC(=O)N3CCC(C)(O)CC3)[nH]c12. The molecular formula is C21H24N4O3. The van der Waals surface area contributed by atoms with E-state index in [0.717, 1.165) is 22.2 Å². The van der Waals surface area contributed by atoms with Gasteiger partial charge in [-0.25, -0.2) is 9.78 Å². The van der Waals surface area contributed by atoms with Crippen LogP contribution in [0.25, 0.3) is 22.2 Å². The highest BCUT2D eigenvalue weighted by Gasteiger charge is 2.30. The van der Waals surface area contributed by atoms with Crippen molar-refractivity contribution in [3.63, 3.8) is 0 Å². The van der Waals surface area contributed by atoms with E-state index < -0.39 is 5.60 Å². The highest BCUT2D eigenvalue weighted by atomic mass is 16.5. The Morgan fingerprint density at radius 2 is 1.93 bits per heavy atom. The first-order valence-corrected chi connectivity index (χ1v) is 9.37. The molecule has 0 bridgehead atoms. The van der Waals surface area contributed by atoms with Gasteiger partial charge in [-0.2, -0.15) is 0 Å². The molecule has 4 rings (SSSR count). The van der Waals surface area contributed by atoms with Gasteiger partial charge >= 0.3 is 6.03 Å². The van der Waals surface area contributed by atoms with Crippen LogP contribution < -0.4 is 10.1 Å². The number of amides is 2. The molecule has 7 nitrogen and oxygen atoms in total. The van der Waals surface area contributed by atoms with E-state index in [0.29, 0.717) is 37.6 Å². The Hall–Kier alpha value is -3.06. The molecule has 3 aromatic rings. The number of urea groups is 1. The third-order valence-corrected chi connectivity index (χ3v) is 5.26. The second kappa shape index (κ2) is 7.16. The zero-order valence-electron chi connectivity index (χ0n) is 16.0. The molecule has 0 radical (unpaired) electrons. The summed E-state index contributed by atoms with van der Waals surface area (Å²) in [6, 6.07) is 13.6. The molecule has 0 unspecified atom stereocenters. The van der Waals surface area contributed by atoms with E-state index in [9.17, 15) is 9.90 Å². The monoisotopic (exact) mass is 380 g/mol. The molecule has 3 N–H and O–H groups in total. The van der Waals surface area contributed by atoms with E-state index in [-0.39, 0.29) is 6.03 Å². The maximum absolute atomic E-state index is 12.6. The number of methoxy groups -OCH3 is 1. The summed E-state index contributed by atoms with van der Waals surface area (Å²) < 4.78 is 5.45. The van der Waals surface area contributed by atoms with Crippen molar-refractivity contribution in [1.29, 1.82) is 0 Å². The normalized spacial score (nSPS) is 16.2. The third-order valence-electron chi connectivity index (χ3n) is 5.26. The van der Waals surface area contributed by atoms with Gasteiger partial charge in [-0.1, -0.05) is 30.3 Å². The summed E-state index contributed by atoms with van der Waals surface area (Å²) in [5.74, 6) is 1.04. The number of anilines is 1. The number of carbonyl (C=O) groups is 1. The summed E-state index contributed by atoms with van der Waals surface area (Å²) in [6.45, 7) is 2.83. The van der Waals surface area contributed by atoms with Gasteiger partial charge in [0.05, 0.1) is 12.7 Å². The standard InChI is InChI=1S/C21H24N4O3/c1-21(27)10-12-25(13-11-21)20(26)24-19-22-17-15(14-6-4-3-5-7-14)8-9-16(28-2)18(17)23-19/h3-9,27H,10-13H2,1-2H3,(H2,22,23,24,26). The Morgan fingerprint density at radius 3 is 2.61 bits per heavy atom. The lowest BCUT2D eigenvalue weighted by atomic mass is 9.94. The van der Waals surface area contributed by atoms with E-state index in [2.05, 4.69) is 15.3 Å². The van der Waals surface area contributed by atoms with Gasteiger partial charge in [0, 0.05) is 18.7 Å². The van der Waals surface area contributed by atoms with Gasteiger partial charge in [-0.05, 0) is 37.5 Å². The van der Waals surface area contributed by atoms with Crippen LogP contribution in [0.3, 0.4) is 0 Å². The van der Waals surface area contributed by atoms with Crippen LogP contribution in [-0.2, 0) is 0 Å². The molecule has 1 aliphatic rings. The van der Waals surface area contributed by atoms with Crippen LogP contribution in [0, 0.1) is 0 Å². The molecule has 146 valence electrons. The number of fused-ring (bicyclic) bond motifs is 1. The number of H-pyrrole nitrogens is 1. The van der Waals surface area contributed by atoms with Crippen LogP contribution in [0.2, 0.25) is 0 Å². The number of aromatic amines is 1. The van der Waals surface area contributed by atoms with Crippen molar-refractivity contribution >= 4 is 23.0 Å². The molecule has 0 spiro atoms. The summed E-state index contributed by atoms with van der Waals surface area (Å²) in [5, 5.41) is 12.9. The van der Waals surface area contributed by atoms with Gasteiger partial charge in [0.25, 0.3) is 0 Å². The summed E-state index contributed by atoms with van der Waals surface area (Å²) in [5.41, 5.74) is 2.77. The average molecular weight is 380 g/mol. The number of benzene rings is 2. The van der Waals surface area contributed by atoms with Gasteiger partial charge in [-0.15, -0.1) is 0 Å². The van der Waals surface area contributed by atoms with Crippen molar-refractivity contribution in [1.82, 2.24) is 14.9 Å². The summed E-state index contributed by atoms with van der Waals surface area (Å²) in [6.07, 6.45) is 1.12. The lowest BCUT2D eigenvalue weighted by molar-refractivity contribution is 0.00569. The molecule has 0 saturated carbocycles. The maximum atomic E-state index is 12.6. The van der Waals surface area contributed by atoms with E-state index in [4.69, 9.17) is 4.74 Å². The van der Waals surface area contributed by atoms with Gasteiger partial charge in [-0.3, -0.25) is 5.32 Å². The number of likely N-dealkylation sites (tertiary alicyclic amines) is 1. The van der Waals surface area contributed by atoms with Crippen molar-refractivity contribution in [3.05, 3.63) is 42.5 Å². The van der Waals surface area contributed by atoms with Crippen LogP contribution >= 0.6 is 0 Å². The minimum atomic E-state index is -0.700. The van der Waals surface area contributed by atoms with Crippen LogP contribution in [0.5, 0.6) is 5.75 Å². The second-order valence-electron chi connectivity index (χ2n) is 7.40. The highest BCUT2D eigenvalue weighted by molar-refractivity contribution is 5.98. The Kier molecular flexibility index (Phi) is 4.68. The van der Waals surface area contributed by atoms with Crippen molar-refractivity contribution in [2.24, 2.45) is 0 Å². The quantitative estimate of drug-likeness (QED) is 0.647. The number of nitrogens with zero attached hydrogens (tertiary/aromatic N) is 2. The minimum absolute atomic E-state index is 0.227. The first kappa shape index (κ1) is 18.3. The molecule has 2 heterocycles. The molecule has 2 amide bonds. The van der Waals surface area contributed by atoms with Crippen LogP contribution in [0.15, 0.2) is 42.5 Å². The molecule has 2 aromatic carbocycles. The Bertz CT molecular complexity index is 988. The molecule has 0 atom stereocenters. The Labute approximate surface area is 163 Å². The molecule has 1 aromatic heterocycles. The second-order valence-corrected chi connectivity index (χ2v) is 7.40. The predicted octanol–water partition coefficient (Wildman–Crippen LogP) is 3.62. The molecule has 1 aliphatic heterocycles. The number of ether oxygens (including phenoxy) is 1. The fourth-order valence-electron chi connectivity index (χ4n) is 3.52. The Morgan fingerprint density at radius 1 is 1.21 bits per heavy atom. The van der Waals surface area contributed by atoms with Crippen molar-refractivity contribution < 1.29 is 14.6 Å². The molecule has 0 aliphatic carbocycles. The number of piperidine rings is 1. The smallest absolute Gasteiger partial charge is 0.324 e. The average Bonchev–Trinajstić information content (AvgIpc) is 3.11. The number of imidazole rings is 1. The Balaban J connectivity index is 1.63. The van der Waals surface area contributed by atoms with Crippen LogP contribution in [-0.4, -0.2) is 51.8 Å². The number of hydrogen-bond donors (Lipinski definition) is 3. The first-order valence-electron chi connectivity index (χ1n) is 9.37. The van der Waals surface area contributed by atoms with Crippen molar-refractivity contribution in [2.75, 3.05) is 25.5 Å². The van der Waals surface area contributed by atoms with Crippen molar-refractivity contribution in [2.45, 2.75) is 25.4 Å². The predicted molar refractivity (Wildman–Crippen MR) is 109 cm³/mol. The van der Waals surface area contributed by atoms with Crippen molar-refractivity contribution in [3.8, 4) is 16.9 Å². The van der Waals surface area contributed by atoms with E-state index >= 15 is 0 Å². The lowest BCUT2D eigenvalue weighted by Gasteiger charge is -2.35. The number of aromatic nitrogens is 2. The summed E-state index contributed by atoms with van der Waals surface area (Å²) >= 11 is 0. The number of aliphatic hydroxyl groups is 1. The lowest BCUT2D eigenvalue weighted by Crippen LogP contribution is -2.46. The first-order chi connectivity index (χ1) is 13.5.